The molecule has 2 amide bonds. The van der Waals surface area contributed by atoms with Gasteiger partial charge in [-0.15, -0.1) is 0 Å². The summed E-state index contributed by atoms with van der Waals surface area (Å²) in [6, 6.07) is 11.9. The maximum Gasteiger partial charge on any atom is 0.270 e. The van der Waals surface area contributed by atoms with Gasteiger partial charge in [0.1, 0.15) is 11.7 Å². The normalized spacial score (nSPS) is 11.8. The zero-order valence-electron chi connectivity index (χ0n) is 18.7. The van der Waals surface area contributed by atoms with Gasteiger partial charge in [0.15, 0.2) is 11.5 Å². The third-order valence-electron chi connectivity index (χ3n) is 5.30. The van der Waals surface area contributed by atoms with Gasteiger partial charge < -0.3 is 29.8 Å². The Morgan fingerprint density at radius 1 is 0.939 bits per heavy atom. The average molecular weight is 448 g/mol. The molecule has 170 valence electrons. The van der Waals surface area contributed by atoms with Crippen LogP contribution < -0.4 is 24.8 Å². The number of H-pyrrole nitrogens is 1. The first-order chi connectivity index (χ1) is 15.9. The molecule has 4 rings (SSSR count). The molecule has 2 aromatic heterocycles. The number of hydrogen-bond donors (Lipinski definition) is 3. The zero-order valence-corrected chi connectivity index (χ0v) is 18.7. The molecule has 0 saturated carbocycles. The number of carbonyl (C=O) groups is 2. The van der Waals surface area contributed by atoms with Gasteiger partial charge in [-0.25, -0.2) is 4.98 Å². The standard InChI is InChI=1S/C24H24N4O5/c1-13(23(29)27-14-9-20(31-2)22(33-4)21(10-14)32-3)26-24(30)18-11-16-15-7-5-6-8-17(15)28-19(16)12-25-18/h5-13,28H,1-4H3,(H,26,30)(H,27,29). The summed E-state index contributed by atoms with van der Waals surface area (Å²) in [6.45, 7) is 1.59. The van der Waals surface area contributed by atoms with Crippen LogP contribution in [0.25, 0.3) is 21.8 Å². The lowest BCUT2D eigenvalue weighted by atomic mass is 10.1. The SMILES string of the molecule is COc1cc(NC(=O)C(C)NC(=O)c2cc3c(cn2)[nH]c2ccccc23)cc(OC)c1OC. The van der Waals surface area contributed by atoms with Crippen molar-refractivity contribution in [1.82, 2.24) is 15.3 Å². The van der Waals surface area contributed by atoms with Crippen LogP contribution in [0.2, 0.25) is 0 Å². The number of pyridine rings is 1. The van der Waals surface area contributed by atoms with Crippen molar-refractivity contribution < 1.29 is 23.8 Å². The van der Waals surface area contributed by atoms with E-state index in [-0.39, 0.29) is 5.69 Å². The minimum Gasteiger partial charge on any atom is -0.493 e. The van der Waals surface area contributed by atoms with Crippen molar-refractivity contribution in [3.05, 3.63) is 54.4 Å². The van der Waals surface area contributed by atoms with Crippen LogP contribution in [0.1, 0.15) is 17.4 Å². The predicted octanol–water partition coefficient (Wildman–Crippen LogP) is 3.50. The van der Waals surface area contributed by atoms with Crippen LogP contribution in [0.5, 0.6) is 17.2 Å². The fourth-order valence-electron chi connectivity index (χ4n) is 3.61. The lowest BCUT2D eigenvalue weighted by Gasteiger charge is -2.17. The van der Waals surface area contributed by atoms with Crippen molar-refractivity contribution in [2.45, 2.75) is 13.0 Å². The Balaban J connectivity index is 1.50. The zero-order chi connectivity index (χ0) is 23.5. The van der Waals surface area contributed by atoms with Gasteiger partial charge in [0.05, 0.1) is 33.0 Å². The second-order valence-corrected chi connectivity index (χ2v) is 7.38. The van der Waals surface area contributed by atoms with E-state index in [4.69, 9.17) is 14.2 Å². The van der Waals surface area contributed by atoms with Crippen LogP contribution in [0.3, 0.4) is 0 Å². The molecule has 0 spiro atoms. The van der Waals surface area contributed by atoms with Gasteiger partial charge in [-0.2, -0.15) is 0 Å². The van der Waals surface area contributed by atoms with Gasteiger partial charge in [-0.05, 0) is 19.1 Å². The van der Waals surface area contributed by atoms with Gasteiger partial charge in [-0.1, -0.05) is 18.2 Å². The van der Waals surface area contributed by atoms with Crippen LogP contribution in [-0.4, -0.2) is 49.2 Å². The van der Waals surface area contributed by atoms with Crippen molar-refractivity contribution in [1.29, 1.82) is 0 Å². The van der Waals surface area contributed by atoms with Gasteiger partial charge >= 0.3 is 0 Å². The summed E-state index contributed by atoms with van der Waals surface area (Å²) in [5.74, 6) is 0.360. The fourth-order valence-corrected chi connectivity index (χ4v) is 3.61. The third-order valence-corrected chi connectivity index (χ3v) is 5.30. The maximum atomic E-state index is 12.8. The molecule has 1 unspecified atom stereocenters. The largest absolute Gasteiger partial charge is 0.493 e. The third kappa shape index (κ3) is 4.25. The highest BCUT2D eigenvalue weighted by atomic mass is 16.5. The molecule has 2 heterocycles. The van der Waals surface area contributed by atoms with Crippen LogP contribution >= 0.6 is 0 Å². The molecule has 4 aromatic rings. The predicted molar refractivity (Wildman–Crippen MR) is 125 cm³/mol. The highest BCUT2D eigenvalue weighted by molar-refractivity contribution is 6.09. The van der Waals surface area contributed by atoms with E-state index < -0.39 is 17.9 Å². The molecule has 0 bridgehead atoms. The molecule has 0 saturated heterocycles. The maximum absolute atomic E-state index is 12.8. The summed E-state index contributed by atoms with van der Waals surface area (Å²) in [5, 5.41) is 7.33. The number of aromatic amines is 1. The Hall–Kier alpha value is -4.27. The van der Waals surface area contributed by atoms with Crippen molar-refractivity contribution in [3.63, 3.8) is 0 Å². The number of ether oxygens (including phenoxy) is 3. The van der Waals surface area contributed by atoms with E-state index in [9.17, 15) is 9.59 Å². The van der Waals surface area contributed by atoms with Gasteiger partial charge in [-0.3, -0.25) is 9.59 Å². The number of para-hydroxylation sites is 1. The van der Waals surface area contributed by atoms with Crippen LogP contribution in [0, 0.1) is 0 Å². The summed E-state index contributed by atoms with van der Waals surface area (Å²) in [5.41, 5.74) is 2.46. The number of nitrogens with one attached hydrogen (secondary N) is 3. The van der Waals surface area contributed by atoms with E-state index in [1.807, 2.05) is 24.3 Å². The molecule has 9 nitrogen and oxygen atoms in total. The van der Waals surface area contributed by atoms with Crippen LogP contribution in [0.4, 0.5) is 5.69 Å². The van der Waals surface area contributed by atoms with E-state index in [0.29, 0.717) is 22.9 Å². The quantitative estimate of drug-likeness (QED) is 0.399. The Kier molecular flexibility index (Phi) is 6.03. The highest BCUT2D eigenvalue weighted by Gasteiger charge is 2.20. The Bertz CT molecular complexity index is 1320. The van der Waals surface area contributed by atoms with E-state index >= 15 is 0 Å². The molecule has 0 aliphatic carbocycles. The minimum atomic E-state index is -0.822. The lowest BCUT2D eigenvalue weighted by Crippen LogP contribution is -2.41. The van der Waals surface area contributed by atoms with Gasteiger partial charge in [0.2, 0.25) is 11.7 Å². The second kappa shape index (κ2) is 9.07. The fraction of sp³-hybridized carbons (Fsp3) is 0.208. The van der Waals surface area contributed by atoms with Crippen molar-refractivity contribution in [2.24, 2.45) is 0 Å². The van der Waals surface area contributed by atoms with Gasteiger partial charge in [0.25, 0.3) is 5.91 Å². The molecule has 0 aliphatic heterocycles. The summed E-state index contributed by atoms with van der Waals surface area (Å²) in [7, 11) is 4.48. The van der Waals surface area contributed by atoms with Crippen LogP contribution in [0.15, 0.2) is 48.7 Å². The summed E-state index contributed by atoms with van der Waals surface area (Å²) >= 11 is 0. The molecule has 0 radical (unpaired) electrons. The average Bonchev–Trinajstić information content (AvgIpc) is 3.21. The Morgan fingerprint density at radius 2 is 1.64 bits per heavy atom. The number of methoxy groups -OCH3 is 3. The van der Waals surface area contributed by atoms with E-state index in [0.717, 1.165) is 21.8 Å². The number of fused-ring (bicyclic) bond motifs is 3. The monoisotopic (exact) mass is 448 g/mol. The first-order valence-corrected chi connectivity index (χ1v) is 10.2. The first-order valence-electron chi connectivity index (χ1n) is 10.2. The summed E-state index contributed by atoms with van der Waals surface area (Å²) in [4.78, 5) is 33.0. The Labute approximate surface area is 190 Å². The first kappa shape index (κ1) is 21.9. The van der Waals surface area contributed by atoms with Crippen LogP contribution in [-0.2, 0) is 4.79 Å². The number of amides is 2. The smallest absolute Gasteiger partial charge is 0.270 e. The highest BCUT2D eigenvalue weighted by Crippen LogP contribution is 2.39. The van der Waals surface area contributed by atoms with Crippen molar-refractivity contribution in [2.75, 3.05) is 26.6 Å². The molecule has 0 fully saturated rings. The molecule has 3 N–H and O–H groups in total. The molecule has 2 aromatic carbocycles. The second-order valence-electron chi connectivity index (χ2n) is 7.38. The number of rotatable bonds is 7. The summed E-state index contributed by atoms with van der Waals surface area (Å²) in [6.07, 6.45) is 1.62. The van der Waals surface area contributed by atoms with E-state index in [1.165, 1.54) is 21.3 Å². The van der Waals surface area contributed by atoms with Gasteiger partial charge in [0, 0.05) is 34.1 Å². The molecular weight excluding hydrogens is 424 g/mol. The Morgan fingerprint density at radius 3 is 2.30 bits per heavy atom. The van der Waals surface area contributed by atoms with Crippen molar-refractivity contribution >= 4 is 39.3 Å². The van der Waals surface area contributed by atoms with E-state index in [1.54, 1.807) is 31.3 Å². The van der Waals surface area contributed by atoms with E-state index in [2.05, 4.69) is 20.6 Å². The number of hydrogen-bond acceptors (Lipinski definition) is 6. The number of carbonyl (C=O) groups excluding carboxylic acids is 2. The summed E-state index contributed by atoms with van der Waals surface area (Å²) < 4.78 is 15.9. The van der Waals surface area contributed by atoms with Crippen molar-refractivity contribution in [3.8, 4) is 17.2 Å². The number of aromatic nitrogens is 2. The number of benzene rings is 2. The topological polar surface area (TPSA) is 115 Å². The molecule has 33 heavy (non-hydrogen) atoms. The number of nitrogens with zero attached hydrogens (tertiary/aromatic N) is 1. The molecule has 1 atom stereocenters. The lowest BCUT2D eigenvalue weighted by molar-refractivity contribution is -0.117. The molecule has 0 aliphatic rings. The molecule has 9 heteroatoms. The molecular formula is C24H24N4O5. The number of anilines is 1. The minimum absolute atomic E-state index is 0.222.